The van der Waals surface area contributed by atoms with Gasteiger partial charge in [-0.2, -0.15) is 9.40 Å². The van der Waals surface area contributed by atoms with E-state index in [1.54, 1.807) is 36.5 Å². The summed E-state index contributed by atoms with van der Waals surface area (Å²) in [5.41, 5.74) is 0.397. The van der Waals surface area contributed by atoms with E-state index in [0.29, 0.717) is 11.5 Å². The van der Waals surface area contributed by atoms with Gasteiger partial charge in [0, 0.05) is 13.2 Å². The monoisotopic (exact) mass is 372 g/mol. The Bertz CT molecular complexity index is 990. The molecule has 0 aliphatic rings. The van der Waals surface area contributed by atoms with Gasteiger partial charge in [-0.3, -0.25) is 4.79 Å². The summed E-state index contributed by atoms with van der Waals surface area (Å²) in [6.07, 6.45) is 4.35. The lowest BCUT2D eigenvalue weighted by atomic mass is 10.3. The second kappa shape index (κ2) is 7.42. The third-order valence-electron chi connectivity index (χ3n) is 3.51. The Morgan fingerprint density at radius 1 is 1.19 bits per heavy atom. The number of rotatable bonds is 6. The lowest BCUT2D eigenvalue weighted by molar-refractivity contribution is -0.116. The van der Waals surface area contributed by atoms with Crippen LogP contribution in [0.25, 0.3) is 5.82 Å². The minimum atomic E-state index is -3.75. The third kappa shape index (κ3) is 3.76. The fourth-order valence-corrected chi connectivity index (χ4v) is 3.39. The van der Waals surface area contributed by atoms with Crippen molar-refractivity contribution in [3.63, 3.8) is 0 Å². The molecule has 9 nitrogen and oxygen atoms in total. The van der Waals surface area contributed by atoms with E-state index < -0.39 is 15.9 Å². The van der Waals surface area contributed by atoms with Gasteiger partial charge in [0.2, 0.25) is 15.9 Å². The summed E-state index contributed by atoms with van der Waals surface area (Å²) in [6.45, 7) is -0.344. The van der Waals surface area contributed by atoms with Gasteiger partial charge in [-0.15, -0.1) is 0 Å². The van der Waals surface area contributed by atoms with E-state index in [0.717, 1.165) is 4.31 Å². The van der Waals surface area contributed by atoms with Crippen LogP contribution in [0, 0.1) is 0 Å². The maximum atomic E-state index is 12.5. The molecule has 0 saturated carbocycles. The first-order valence-electron chi connectivity index (χ1n) is 7.60. The van der Waals surface area contributed by atoms with Crippen LogP contribution in [0.4, 0.5) is 5.69 Å². The molecule has 3 rings (SSSR count). The predicted molar refractivity (Wildman–Crippen MR) is 94.0 cm³/mol. The summed E-state index contributed by atoms with van der Waals surface area (Å²) < 4.78 is 27.4. The summed E-state index contributed by atoms with van der Waals surface area (Å²) in [5, 5.41) is 6.64. The van der Waals surface area contributed by atoms with E-state index in [1.807, 2.05) is 0 Å². The summed E-state index contributed by atoms with van der Waals surface area (Å²) in [6, 6.07) is 11.2. The van der Waals surface area contributed by atoms with Gasteiger partial charge in [0.05, 0.1) is 17.1 Å². The summed E-state index contributed by atoms with van der Waals surface area (Å²) in [7, 11) is -2.40. The molecule has 1 aromatic carbocycles. The molecule has 1 N–H and O–H groups in total. The van der Waals surface area contributed by atoms with E-state index >= 15 is 0 Å². The molecule has 0 aliphatic heterocycles. The first kappa shape index (κ1) is 17.7. The van der Waals surface area contributed by atoms with Crippen molar-refractivity contribution in [3.05, 3.63) is 61.3 Å². The Balaban J connectivity index is 1.74. The molecule has 0 bridgehead atoms. The number of amides is 1. The second-order valence-electron chi connectivity index (χ2n) is 5.34. The standard InChI is InChI=1S/C16H16N6O3S/c1-21(26(24,25)13-6-3-2-4-7-13)10-15(23)20-14-8-5-9-18-16(14)22-12-17-11-19-22/h2-9,11-12H,10H2,1H3,(H,20,23). The number of nitrogens with one attached hydrogen (secondary N) is 1. The average Bonchev–Trinajstić information content (AvgIpc) is 3.17. The molecule has 134 valence electrons. The Morgan fingerprint density at radius 2 is 1.96 bits per heavy atom. The minimum absolute atomic E-state index is 0.125. The van der Waals surface area contributed by atoms with Gasteiger partial charge >= 0.3 is 0 Å². The van der Waals surface area contributed by atoms with E-state index in [4.69, 9.17) is 0 Å². The molecule has 2 aromatic heterocycles. The van der Waals surface area contributed by atoms with Crippen molar-refractivity contribution >= 4 is 21.6 Å². The Labute approximate surface area is 150 Å². The molecule has 26 heavy (non-hydrogen) atoms. The topological polar surface area (TPSA) is 110 Å². The highest BCUT2D eigenvalue weighted by molar-refractivity contribution is 7.89. The number of aromatic nitrogens is 4. The number of benzene rings is 1. The molecular formula is C16H16N6O3S. The molecular weight excluding hydrogens is 356 g/mol. The zero-order chi connectivity index (χ0) is 18.6. The first-order valence-corrected chi connectivity index (χ1v) is 9.04. The highest BCUT2D eigenvalue weighted by atomic mass is 32.2. The molecule has 1 amide bonds. The quantitative estimate of drug-likeness (QED) is 0.689. The number of anilines is 1. The molecule has 3 aromatic rings. The van der Waals surface area contributed by atoms with Crippen molar-refractivity contribution in [1.29, 1.82) is 0 Å². The third-order valence-corrected chi connectivity index (χ3v) is 5.33. The molecule has 0 aliphatic carbocycles. The zero-order valence-corrected chi connectivity index (χ0v) is 14.7. The fourth-order valence-electron chi connectivity index (χ4n) is 2.24. The van der Waals surface area contributed by atoms with Crippen molar-refractivity contribution in [1.82, 2.24) is 24.1 Å². The van der Waals surface area contributed by atoms with Gasteiger partial charge in [-0.1, -0.05) is 18.2 Å². The van der Waals surface area contributed by atoms with Gasteiger partial charge in [0.15, 0.2) is 5.82 Å². The molecule has 0 unspecified atom stereocenters. The van der Waals surface area contributed by atoms with Gasteiger partial charge in [0.25, 0.3) is 0 Å². The lowest BCUT2D eigenvalue weighted by Gasteiger charge is -2.17. The number of hydrogen-bond donors (Lipinski definition) is 1. The minimum Gasteiger partial charge on any atom is -0.322 e. The number of carbonyl (C=O) groups excluding carboxylic acids is 1. The Kier molecular flexibility index (Phi) is 5.05. The van der Waals surface area contributed by atoms with Crippen LogP contribution in [-0.4, -0.2) is 52.0 Å². The molecule has 2 heterocycles. The average molecular weight is 372 g/mol. The lowest BCUT2D eigenvalue weighted by Crippen LogP contribution is -2.35. The smallest absolute Gasteiger partial charge is 0.243 e. The maximum absolute atomic E-state index is 12.5. The number of pyridine rings is 1. The van der Waals surface area contributed by atoms with Crippen molar-refractivity contribution in [2.45, 2.75) is 4.90 Å². The highest BCUT2D eigenvalue weighted by Crippen LogP contribution is 2.17. The number of hydrogen-bond acceptors (Lipinski definition) is 6. The van der Waals surface area contributed by atoms with Crippen LogP contribution in [0.3, 0.4) is 0 Å². The van der Waals surface area contributed by atoms with Crippen LogP contribution >= 0.6 is 0 Å². The summed E-state index contributed by atoms with van der Waals surface area (Å²) in [4.78, 5) is 20.5. The van der Waals surface area contributed by atoms with Crippen LogP contribution in [0.5, 0.6) is 0 Å². The number of likely N-dealkylation sites (N-methyl/N-ethyl adjacent to an activating group) is 1. The normalized spacial score (nSPS) is 11.5. The van der Waals surface area contributed by atoms with Crippen molar-refractivity contribution in [2.24, 2.45) is 0 Å². The van der Waals surface area contributed by atoms with Gasteiger partial charge < -0.3 is 5.32 Å². The van der Waals surface area contributed by atoms with Crippen molar-refractivity contribution in [3.8, 4) is 5.82 Å². The van der Waals surface area contributed by atoms with Crippen LogP contribution in [-0.2, 0) is 14.8 Å². The molecule has 0 saturated heterocycles. The van der Waals surface area contributed by atoms with E-state index in [2.05, 4.69) is 20.4 Å². The SMILES string of the molecule is CN(CC(=O)Nc1cccnc1-n1cncn1)S(=O)(=O)c1ccccc1. The number of sulfonamides is 1. The molecule has 0 fully saturated rings. The molecule has 0 atom stereocenters. The Hall–Kier alpha value is -3.11. The fraction of sp³-hybridized carbons (Fsp3) is 0.125. The van der Waals surface area contributed by atoms with E-state index in [-0.39, 0.29) is 11.4 Å². The van der Waals surface area contributed by atoms with Crippen molar-refractivity contribution < 1.29 is 13.2 Å². The van der Waals surface area contributed by atoms with Crippen LogP contribution in [0.15, 0.2) is 66.2 Å². The second-order valence-corrected chi connectivity index (χ2v) is 7.38. The summed E-state index contributed by atoms with van der Waals surface area (Å²) >= 11 is 0. The summed E-state index contributed by atoms with van der Waals surface area (Å²) in [5.74, 6) is -0.117. The van der Waals surface area contributed by atoms with Gasteiger partial charge in [0.1, 0.15) is 12.7 Å². The van der Waals surface area contributed by atoms with Crippen LogP contribution in [0.2, 0.25) is 0 Å². The molecule has 10 heteroatoms. The molecule has 0 radical (unpaired) electrons. The van der Waals surface area contributed by atoms with Crippen LogP contribution < -0.4 is 5.32 Å². The van der Waals surface area contributed by atoms with E-state index in [1.165, 1.54) is 36.5 Å². The zero-order valence-electron chi connectivity index (χ0n) is 13.8. The van der Waals surface area contributed by atoms with Gasteiger partial charge in [-0.25, -0.2) is 23.1 Å². The Morgan fingerprint density at radius 3 is 2.65 bits per heavy atom. The maximum Gasteiger partial charge on any atom is 0.243 e. The number of nitrogens with zero attached hydrogens (tertiary/aromatic N) is 5. The van der Waals surface area contributed by atoms with Crippen LogP contribution in [0.1, 0.15) is 0 Å². The predicted octanol–water partition coefficient (Wildman–Crippen LogP) is 0.921. The van der Waals surface area contributed by atoms with Gasteiger partial charge in [-0.05, 0) is 24.3 Å². The molecule has 0 spiro atoms. The largest absolute Gasteiger partial charge is 0.322 e. The van der Waals surface area contributed by atoms with Crippen molar-refractivity contribution in [2.75, 3.05) is 18.9 Å². The first-order chi connectivity index (χ1) is 12.5. The van der Waals surface area contributed by atoms with E-state index in [9.17, 15) is 13.2 Å². The highest BCUT2D eigenvalue weighted by Gasteiger charge is 2.23. The number of carbonyl (C=O) groups is 1.